The van der Waals surface area contributed by atoms with Crippen molar-refractivity contribution in [1.82, 2.24) is 9.27 Å². The molecule has 1 aromatic heterocycles. The number of aliphatic imine (C=N–C) groups is 1. The first-order chi connectivity index (χ1) is 15.6. The minimum atomic E-state index is 0.214. The van der Waals surface area contributed by atoms with Crippen LogP contribution >= 0.6 is 11.5 Å². The van der Waals surface area contributed by atoms with Crippen LogP contribution in [0.3, 0.4) is 0 Å². The summed E-state index contributed by atoms with van der Waals surface area (Å²) >= 11 is 1.66. The predicted molar refractivity (Wildman–Crippen MR) is 141 cm³/mol. The van der Waals surface area contributed by atoms with Crippen molar-refractivity contribution in [3.8, 4) is 0 Å². The standard InChI is InChI=1S/C26H31N3S.C2H6/c1-5-19(17-29(4)6-2)23-16-27-26-21(13-10-14-22(23)26)15-24-25(18(3)28-30-24)20-11-8-7-9-12-20;1-2/h5,10-11,13-14,16-17,22H,1,6-9,12,15H2,2-4H3;1-2H3/b19-17+;. The molecule has 0 fully saturated rings. The Morgan fingerprint density at radius 1 is 1.31 bits per heavy atom. The monoisotopic (exact) mass is 447 g/mol. The third-order valence-electron chi connectivity index (χ3n) is 6.21. The van der Waals surface area contributed by atoms with Gasteiger partial charge in [-0.3, -0.25) is 4.99 Å². The highest BCUT2D eigenvalue weighted by molar-refractivity contribution is 7.06. The molecule has 32 heavy (non-hydrogen) atoms. The molecule has 3 nitrogen and oxygen atoms in total. The van der Waals surface area contributed by atoms with E-state index in [1.807, 2.05) is 26.1 Å². The molecule has 1 atom stereocenters. The Bertz CT molecular complexity index is 1010. The molecule has 0 bridgehead atoms. The molecule has 2 aliphatic carbocycles. The maximum Gasteiger partial charge on any atom is 0.0589 e. The Morgan fingerprint density at radius 2 is 2.12 bits per heavy atom. The summed E-state index contributed by atoms with van der Waals surface area (Å²) < 4.78 is 4.72. The summed E-state index contributed by atoms with van der Waals surface area (Å²) in [6.07, 6.45) is 21.1. The van der Waals surface area contributed by atoms with Gasteiger partial charge in [0.25, 0.3) is 0 Å². The van der Waals surface area contributed by atoms with Crippen LogP contribution in [0, 0.1) is 12.8 Å². The van der Waals surface area contributed by atoms with Crippen molar-refractivity contribution >= 4 is 22.8 Å². The first-order valence-corrected chi connectivity index (χ1v) is 12.7. The molecule has 1 aliphatic heterocycles. The van der Waals surface area contributed by atoms with E-state index in [0.29, 0.717) is 0 Å². The van der Waals surface area contributed by atoms with E-state index in [-0.39, 0.29) is 5.92 Å². The van der Waals surface area contributed by atoms with Crippen LogP contribution in [0.2, 0.25) is 0 Å². The SMILES string of the molecule is C=C/C(=C\N(C)CC)C1=CN=C2C(Cc3snc(C)c3C3=CCCCC3)=CC=CC12.CC. The summed E-state index contributed by atoms with van der Waals surface area (Å²) in [6, 6.07) is 0. The smallest absolute Gasteiger partial charge is 0.0589 e. The number of allylic oxidation sites excluding steroid dienone is 9. The van der Waals surface area contributed by atoms with Crippen molar-refractivity contribution in [1.29, 1.82) is 0 Å². The van der Waals surface area contributed by atoms with Crippen LogP contribution in [0.5, 0.6) is 0 Å². The molecular formula is C28H37N3S. The lowest BCUT2D eigenvalue weighted by molar-refractivity contribution is 0.481. The molecule has 0 amide bonds. The molecule has 0 N–H and O–H groups in total. The van der Waals surface area contributed by atoms with Gasteiger partial charge in [0.1, 0.15) is 0 Å². The van der Waals surface area contributed by atoms with E-state index in [1.54, 1.807) is 11.5 Å². The molecular weight excluding hydrogens is 410 g/mol. The molecule has 3 aliphatic rings. The number of hydrogen-bond acceptors (Lipinski definition) is 4. The van der Waals surface area contributed by atoms with Crippen molar-refractivity contribution in [2.24, 2.45) is 10.9 Å². The average molecular weight is 448 g/mol. The molecule has 0 spiro atoms. The van der Waals surface area contributed by atoms with E-state index in [2.05, 4.69) is 62.9 Å². The second-order valence-corrected chi connectivity index (χ2v) is 9.09. The van der Waals surface area contributed by atoms with E-state index in [9.17, 15) is 0 Å². The molecule has 0 radical (unpaired) electrons. The molecule has 4 rings (SSSR count). The van der Waals surface area contributed by atoms with Gasteiger partial charge in [-0.2, -0.15) is 4.37 Å². The van der Waals surface area contributed by atoms with Crippen LogP contribution in [-0.4, -0.2) is 28.6 Å². The van der Waals surface area contributed by atoms with E-state index in [1.165, 1.54) is 64.2 Å². The topological polar surface area (TPSA) is 28.5 Å². The first-order valence-electron chi connectivity index (χ1n) is 12.0. The van der Waals surface area contributed by atoms with Gasteiger partial charge in [-0.15, -0.1) is 0 Å². The largest absolute Gasteiger partial charge is 0.380 e. The molecule has 1 aromatic rings. The van der Waals surface area contributed by atoms with E-state index < -0.39 is 0 Å². The fraction of sp³-hybridized carbons (Fsp3) is 0.429. The number of hydrogen-bond donors (Lipinski definition) is 0. The van der Waals surface area contributed by atoms with Crippen LogP contribution in [0.25, 0.3) is 5.57 Å². The summed E-state index contributed by atoms with van der Waals surface area (Å²) in [5.41, 5.74) is 8.94. The molecule has 0 aromatic carbocycles. The summed E-state index contributed by atoms with van der Waals surface area (Å²) in [6.45, 7) is 13.3. The second-order valence-electron chi connectivity index (χ2n) is 8.23. The predicted octanol–water partition coefficient (Wildman–Crippen LogP) is 7.45. The third-order valence-corrected chi connectivity index (χ3v) is 7.14. The van der Waals surface area contributed by atoms with Crippen molar-refractivity contribution < 1.29 is 0 Å². The minimum Gasteiger partial charge on any atom is -0.380 e. The number of aromatic nitrogens is 1. The number of rotatable bonds is 7. The Balaban J connectivity index is 0.00000141. The molecule has 0 saturated carbocycles. The quantitative estimate of drug-likeness (QED) is 0.406. The van der Waals surface area contributed by atoms with Crippen LogP contribution in [0.15, 0.2) is 71.1 Å². The minimum absolute atomic E-state index is 0.214. The van der Waals surface area contributed by atoms with Crippen LogP contribution in [-0.2, 0) is 6.42 Å². The lowest BCUT2D eigenvalue weighted by Crippen LogP contribution is -2.19. The maximum atomic E-state index is 4.87. The molecule has 1 unspecified atom stereocenters. The lowest BCUT2D eigenvalue weighted by Gasteiger charge is -2.22. The molecule has 170 valence electrons. The van der Waals surface area contributed by atoms with Gasteiger partial charge in [0.2, 0.25) is 0 Å². The number of aryl methyl sites for hydroxylation is 1. The zero-order chi connectivity index (χ0) is 23.1. The fourth-order valence-corrected chi connectivity index (χ4v) is 5.39. The van der Waals surface area contributed by atoms with Gasteiger partial charge >= 0.3 is 0 Å². The number of fused-ring (bicyclic) bond motifs is 1. The summed E-state index contributed by atoms with van der Waals surface area (Å²) in [5.74, 6) is 0.214. The highest BCUT2D eigenvalue weighted by Gasteiger charge is 2.29. The lowest BCUT2D eigenvalue weighted by atomic mass is 9.83. The highest BCUT2D eigenvalue weighted by Crippen LogP contribution is 2.38. The van der Waals surface area contributed by atoms with E-state index >= 15 is 0 Å². The average Bonchev–Trinajstić information content (AvgIpc) is 3.43. The molecule has 2 heterocycles. The summed E-state index contributed by atoms with van der Waals surface area (Å²) in [4.78, 5) is 8.43. The van der Waals surface area contributed by atoms with Gasteiger partial charge in [0.05, 0.1) is 11.4 Å². The molecule has 0 saturated heterocycles. The van der Waals surface area contributed by atoms with Crippen molar-refractivity contribution in [3.05, 3.63) is 82.2 Å². The van der Waals surface area contributed by atoms with Crippen molar-refractivity contribution in [3.63, 3.8) is 0 Å². The zero-order valence-electron chi connectivity index (χ0n) is 20.3. The Morgan fingerprint density at radius 3 is 2.81 bits per heavy atom. The van der Waals surface area contributed by atoms with E-state index in [0.717, 1.165) is 18.5 Å². The van der Waals surface area contributed by atoms with Crippen LogP contribution in [0.1, 0.15) is 62.6 Å². The first kappa shape index (κ1) is 24.2. The maximum absolute atomic E-state index is 4.87. The Labute approximate surface area is 198 Å². The normalized spacial score (nSPS) is 19.8. The Kier molecular flexibility index (Phi) is 8.63. The van der Waals surface area contributed by atoms with Crippen molar-refractivity contribution in [2.45, 2.75) is 59.8 Å². The zero-order valence-corrected chi connectivity index (χ0v) is 21.1. The van der Waals surface area contributed by atoms with Gasteiger partial charge in [0.15, 0.2) is 0 Å². The van der Waals surface area contributed by atoms with Crippen molar-refractivity contribution in [2.75, 3.05) is 13.6 Å². The number of nitrogens with zero attached hydrogens (tertiary/aromatic N) is 3. The fourth-order valence-electron chi connectivity index (χ4n) is 4.46. The van der Waals surface area contributed by atoms with Gasteiger partial charge < -0.3 is 4.90 Å². The van der Waals surface area contributed by atoms with Gasteiger partial charge in [-0.1, -0.05) is 50.8 Å². The van der Waals surface area contributed by atoms with Crippen LogP contribution in [0.4, 0.5) is 0 Å². The van der Waals surface area contributed by atoms with Gasteiger partial charge in [-0.05, 0) is 73.4 Å². The summed E-state index contributed by atoms with van der Waals surface area (Å²) in [5, 5.41) is 0. The van der Waals surface area contributed by atoms with Gasteiger partial charge in [-0.25, -0.2) is 0 Å². The summed E-state index contributed by atoms with van der Waals surface area (Å²) in [7, 11) is 2.09. The molecule has 4 heteroatoms. The Hall–Kier alpha value is -2.46. The van der Waals surface area contributed by atoms with Crippen LogP contribution < -0.4 is 0 Å². The highest BCUT2D eigenvalue weighted by atomic mass is 32.1. The van der Waals surface area contributed by atoms with E-state index in [4.69, 9.17) is 9.37 Å². The van der Waals surface area contributed by atoms with Gasteiger partial charge in [0, 0.05) is 48.8 Å². The third kappa shape index (κ3) is 5.12. The second kappa shape index (κ2) is 11.4.